The summed E-state index contributed by atoms with van der Waals surface area (Å²) in [5.74, 6) is 0. The lowest BCUT2D eigenvalue weighted by Crippen LogP contribution is -2.20. The van der Waals surface area contributed by atoms with Crippen molar-refractivity contribution in [2.45, 2.75) is 44.0 Å². The lowest BCUT2D eigenvalue weighted by molar-refractivity contribution is 0.792. The lowest BCUT2D eigenvalue weighted by Gasteiger charge is -2.26. The summed E-state index contributed by atoms with van der Waals surface area (Å²) in [7, 11) is 2.86. The molecule has 0 heterocycles. The second-order valence-corrected chi connectivity index (χ2v) is 9.69. The van der Waals surface area contributed by atoms with E-state index in [9.17, 15) is 0 Å². The Labute approximate surface area is 91.2 Å². The molecule has 0 aliphatic heterocycles. The van der Waals surface area contributed by atoms with E-state index in [1.165, 1.54) is 6.32 Å². The molecule has 4 heteroatoms. The van der Waals surface area contributed by atoms with E-state index < -0.39 is 0 Å². The highest BCUT2D eigenvalue weighted by Gasteiger charge is 2.23. The zero-order valence-corrected chi connectivity index (χ0v) is 11.9. The van der Waals surface area contributed by atoms with Gasteiger partial charge in [0.2, 0.25) is 4.29 Å². The average molecular weight is 302 g/mol. The van der Waals surface area contributed by atoms with Crippen LogP contribution in [0.3, 0.4) is 0 Å². The molecule has 0 aromatic carbocycles. The van der Waals surface area contributed by atoms with Crippen molar-refractivity contribution in [1.82, 2.24) is 0 Å². The Morgan fingerprint density at radius 3 is 2.27 bits per heavy atom. The van der Waals surface area contributed by atoms with E-state index in [2.05, 4.69) is 70.9 Å². The molecule has 0 saturated heterocycles. The quantitative estimate of drug-likeness (QED) is 0.433. The molecule has 11 heavy (non-hydrogen) atoms. The van der Waals surface area contributed by atoms with Crippen LogP contribution in [0.2, 0.25) is 6.32 Å². The fraction of sp³-hybridized carbons (Fsp3) is 1.00. The Hall–Kier alpha value is 1.57. The van der Waals surface area contributed by atoms with Gasteiger partial charge in [-0.2, -0.15) is 20.9 Å². The zero-order chi connectivity index (χ0) is 9.07. The molecule has 1 unspecified atom stereocenters. The van der Waals surface area contributed by atoms with E-state index in [0.29, 0.717) is 9.04 Å². The zero-order valence-electron chi connectivity index (χ0n) is 7.73. The van der Waals surface area contributed by atoms with Crippen molar-refractivity contribution >= 4 is 47.5 Å². The first-order chi connectivity index (χ1) is 4.83. The van der Waals surface area contributed by atoms with Crippen LogP contribution in [0, 0.1) is 0 Å². The minimum atomic E-state index is 0.432. The molecule has 0 N–H and O–H groups in total. The third-order valence-electron chi connectivity index (χ3n) is 1.24. The van der Waals surface area contributed by atoms with Gasteiger partial charge in [-0.25, -0.2) is 0 Å². The maximum atomic E-state index is 2.86. The molecule has 0 amide bonds. The van der Waals surface area contributed by atoms with Gasteiger partial charge >= 0.3 is 0 Å². The molecule has 0 nitrogen and oxygen atoms in total. The summed E-state index contributed by atoms with van der Waals surface area (Å²) >= 11 is 4.53. The van der Waals surface area contributed by atoms with Gasteiger partial charge in [0.25, 0.3) is 0 Å². The second-order valence-electron chi connectivity index (χ2n) is 3.65. The minimum Gasteiger partial charge on any atom is -0.159 e. The van der Waals surface area contributed by atoms with Crippen LogP contribution >= 0.6 is 43.3 Å². The van der Waals surface area contributed by atoms with Crippen LogP contribution in [0.5, 0.6) is 0 Å². The highest BCUT2D eigenvalue weighted by atomic mass is 127. The van der Waals surface area contributed by atoms with Crippen LogP contribution < -0.4 is 0 Å². The first-order valence-electron chi connectivity index (χ1n) is 3.91. The van der Waals surface area contributed by atoms with E-state index in [4.69, 9.17) is 0 Å². The standard InChI is InChI=1S/C7H17BIPS/c1-6(2)11-7(3,4)5-8(9)10/h6H,5,10H2,1-4H3. The van der Waals surface area contributed by atoms with Crippen LogP contribution in [0.25, 0.3) is 0 Å². The van der Waals surface area contributed by atoms with Gasteiger partial charge in [0.05, 0.1) is 0 Å². The lowest BCUT2D eigenvalue weighted by atomic mass is 9.91. The Balaban J connectivity index is 3.79. The van der Waals surface area contributed by atoms with Crippen molar-refractivity contribution in [3.05, 3.63) is 0 Å². The maximum absolute atomic E-state index is 2.86. The van der Waals surface area contributed by atoms with Crippen LogP contribution in [0.15, 0.2) is 0 Å². The minimum absolute atomic E-state index is 0.432. The van der Waals surface area contributed by atoms with Crippen molar-refractivity contribution < 1.29 is 0 Å². The number of halogens is 1. The van der Waals surface area contributed by atoms with Gasteiger partial charge < -0.3 is 0 Å². The summed E-state index contributed by atoms with van der Waals surface area (Å²) in [4.78, 5) is 0. The Morgan fingerprint density at radius 2 is 2.00 bits per heavy atom. The van der Waals surface area contributed by atoms with Gasteiger partial charge in [0.1, 0.15) is 0 Å². The molecule has 0 saturated carbocycles. The largest absolute Gasteiger partial charge is 0.240 e. The van der Waals surface area contributed by atoms with Gasteiger partial charge in [-0.1, -0.05) is 27.7 Å². The molecular formula is C7H17BIPS. The first kappa shape index (κ1) is 12.6. The Kier molecular flexibility index (Phi) is 6.10. The van der Waals surface area contributed by atoms with Crippen molar-refractivity contribution in [2.75, 3.05) is 0 Å². The van der Waals surface area contributed by atoms with E-state index in [1.807, 2.05) is 0 Å². The van der Waals surface area contributed by atoms with Crippen LogP contribution in [-0.4, -0.2) is 14.3 Å². The van der Waals surface area contributed by atoms with E-state index in [-0.39, 0.29) is 0 Å². The molecule has 0 fully saturated rings. The second kappa shape index (κ2) is 5.34. The van der Waals surface area contributed by atoms with Crippen LogP contribution in [0.1, 0.15) is 27.7 Å². The van der Waals surface area contributed by atoms with E-state index in [0.717, 1.165) is 5.25 Å². The van der Waals surface area contributed by atoms with Gasteiger partial charge in [0, 0.05) is 4.75 Å². The monoisotopic (exact) mass is 302 g/mol. The Morgan fingerprint density at radius 1 is 1.55 bits per heavy atom. The summed E-state index contributed by atoms with van der Waals surface area (Å²) in [5, 5.41) is 0.741. The Bertz CT molecular complexity index is 105. The summed E-state index contributed by atoms with van der Waals surface area (Å²) in [6.45, 7) is 9.18. The highest BCUT2D eigenvalue weighted by molar-refractivity contribution is 14.1. The van der Waals surface area contributed by atoms with Gasteiger partial charge in [-0.05, 0) is 11.6 Å². The fourth-order valence-electron chi connectivity index (χ4n) is 1.16. The topological polar surface area (TPSA) is 0 Å². The summed E-state index contributed by atoms with van der Waals surface area (Å²) in [5.41, 5.74) is 0. The van der Waals surface area contributed by atoms with Crippen molar-refractivity contribution in [1.29, 1.82) is 0 Å². The molecule has 66 valence electrons. The number of hydrogen-bond donors (Lipinski definition) is 0. The summed E-state index contributed by atoms with van der Waals surface area (Å²) < 4.78 is 1.13. The number of thioether (sulfide) groups is 1. The molecule has 0 rings (SSSR count). The molecule has 0 spiro atoms. The molecule has 0 bridgehead atoms. The molecule has 1 atom stereocenters. The fourth-order valence-corrected chi connectivity index (χ4v) is 4.87. The predicted molar refractivity (Wildman–Crippen MR) is 71.1 cm³/mol. The molecule has 0 radical (unpaired) electrons. The smallest absolute Gasteiger partial charge is 0.159 e. The third kappa shape index (κ3) is 7.92. The predicted octanol–water partition coefficient (Wildman–Crippen LogP) is 3.70. The molecule has 0 aromatic rings. The number of hydrogen-bond acceptors (Lipinski definition) is 1. The highest BCUT2D eigenvalue weighted by Crippen LogP contribution is 2.35. The van der Waals surface area contributed by atoms with Crippen LogP contribution in [-0.2, 0) is 0 Å². The average Bonchev–Trinajstić information content (AvgIpc) is 1.53. The van der Waals surface area contributed by atoms with Gasteiger partial charge in [-0.15, -0.1) is 22.4 Å². The first-order valence-corrected chi connectivity index (χ1v) is 6.70. The van der Waals surface area contributed by atoms with Gasteiger partial charge in [-0.3, -0.25) is 0 Å². The SMILES string of the molecule is CC(C)SC(C)(C)CB(P)I. The summed E-state index contributed by atoms with van der Waals surface area (Å²) in [6, 6.07) is 0. The molecule has 0 aliphatic carbocycles. The van der Waals surface area contributed by atoms with Crippen LogP contribution in [0.4, 0.5) is 0 Å². The summed E-state index contributed by atoms with van der Waals surface area (Å²) in [6.07, 6.45) is 1.26. The normalized spacial score (nSPS) is 12.3. The maximum Gasteiger partial charge on any atom is 0.240 e. The van der Waals surface area contributed by atoms with Crippen molar-refractivity contribution in [2.24, 2.45) is 0 Å². The molecule has 0 aliphatic rings. The third-order valence-corrected chi connectivity index (χ3v) is 3.19. The molecule has 0 aromatic heterocycles. The van der Waals surface area contributed by atoms with Crippen molar-refractivity contribution in [3.8, 4) is 0 Å². The van der Waals surface area contributed by atoms with Gasteiger partial charge in [0.15, 0.2) is 0 Å². The van der Waals surface area contributed by atoms with E-state index >= 15 is 0 Å². The molecular weight excluding hydrogens is 285 g/mol. The van der Waals surface area contributed by atoms with E-state index in [1.54, 1.807) is 0 Å². The van der Waals surface area contributed by atoms with Crippen molar-refractivity contribution in [3.63, 3.8) is 0 Å². The number of rotatable bonds is 4.